The number of hydrogen-bond acceptors (Lipinski definition) is 5. The highest BCUT2D eigenvalue weighted by Gasteiger charge is 2.26. The molecule has 1 aromatic carbocycles. The molecule has 3 rings (SSSR count). The summed E-state index contributed by atoms with van der Waals surface area (Å²) in [6, 6.07) is 6.67. The second-order valence-electron chi connectivity index (χ2n) is 6.87. The van der Waals surface area contributed by atoms with E-state index in [9.17, 15) is 24.6 Å². The lowest BCUT2D eigenvalue weighted by molar-refractivity contribution is 0.0169. The number of hydrogen-bond donors (Lipinski definition) is 4. The Morgan fingerprint density at radius 3 is 2.43 bits per heavy atom. The maximum Gasteiger partial charge on any atom is 0.342 e. The number of nitrogens with two attached hydrogens (primary N) is 1. The molecule has 8 nitrogen and oxygen atoms in total. The second kappa shape index (κ2) is 8.26. The van der Waals surface area contributed by atoms with Gasteiger partial charge < -0.3 is 25.7 Å². The Bertz CT molecular complexity index is 960. The number of carboxylic acid groups (broad SMARTS) is 2. The fourth-order valence-corrected chi connectivity index (χ4v) is 3.60. The molecule has 28 heavy (non-hydrogen) atoms. The van der Waals surface area contributed by atoms with Crippen molar-refractivity contribution in [3.63, 3.8) is 0 Å². The van der Waals surface area contributed by atoms with Gasteiger partial charge in [0, 0.05) is 5.56 Å². The van der Waals surface area contributed by atoms with E-state index in [1.54, 1.807) is 18.2 Å². The number of nitrogens with one attached hydrogen (secondary N) is 1. The van der Waals surface area contributed by atoms with Gasteiger partial charge in [0.15, 0.2) is 0 Å². The van der Waals surface area contributed by atoms with E-state index in [2.05, 4.69) is 4.98 Å². The third kappa shape index (κ3) is 4.07. The van der Waals surface area contributed by atoms with Crippen LogP contribution < -0.4 is 11.3 Å². The Balaban J connectivity index is 2.02. The van der Waals surface area contributed by atoms with E-state index < -0.39 is 28.6 Å². The van der Waals surface area contributed by atoms with Crippen molar-refractivity contribution in [3.05, 3.63) is 51.3 Å². The first-order valence-corrected chi connectivity index (χ1v) is 9.11. The first-order chi connectivity index (χ1) is 13.4. The number of aromatic amines is 1. The SMILES string of the molecule is Nc1[nH]c(=O)c(C(=O)O)c(-c2cccc(COC3CCCCC3)c2)c1C(=O)O. The van der Waals surface area contributed by atoms with E-state index in [1.807, 2.05) is 6.07 Å². The van der Waals surface area contributed by atoms with Crippen LogP contribution in [0, 0.1) is 0 Å². The predicted octanol–water partition coefficient (Wildman–Crippen LogP) is 2.87. The molecular weight excluding hydrogens is 364 g/mol. The van der Waals surface area contributed by atoms with Gasteiger partial charge in [-0.25, -0.2) is 9.59 Å². The summed E-state index contributed by atoms with van der Waals surface area (Å²) in [4.78, 5) is 37.6. The average Bonchev–Trinajstić information content (AvgIpc) is 2.66. The molecule has 148 valence electrons. The molecule has 0 saturated heterocycles. The average molecular weight is 386 g/mol. The molecule has 1 aromatic heterocycles. The molecule has 0 bridgehead atoms. The highest BCUT2D eigenvalue weighted by molar-refractivity contribution is 6.07. The molecule has 0 aliphatic heterocycles. The van der Waals surface area contributed by atoms with Crippen LogP contribution in [0.2, 0.25) is 0 Å². The van der Waals surface area contributed by atoms with Crippen LogP contribution in [0.4, 0.5) is 5.82 Å². The van der Waals surface area contributed by atoms with Crippen LogP contribution in [0.5, 0.6) is 0 Å². The van der Waals surface area contributed by atoms with Crippen LogP contribution >= 0.6 is 0 Å². The molecule has 1 fully saturated rings. The lowest BCUT2D eigenvalue weighted by atomic mass is 9.94. The van der Waals surface area contributed by atoms with Crippen molar-refractivity contribution in [1.82, 2.24) is 4.98 Å². The molecule has 8 heteroatoms. The van der Waals surface area contributed by atoms with Crippen molar-refractivity contribution < 1.29 is 24.5 Å². The van der Waals surface area contributed by atoms with Gasteiger partial charge >= 0.3 is 11.9 Å². The third-order valence-electron chi connectivity index (χ3n) is 4.93. The normalized spacial score (nSPS) is 14.7. The van der Waals surface area contributed by atoms with Gasteiger partial charge in [0.1, 0.15) is 16.9 Å². The van der Waals surface area contributed by atoms with Crippen LogP contribution in [0.15, 0.2) is 29.1 Å². The highest BCUT2D eigenvalue weighted by Crippen LogP contribution is 2.30. The van der Waals surface area contributed by atoms with Gasteiger partial charge in [-0.3, -0.25) is 4.79 Å². The molecule has 2 aromatic rings. The number of carbonyl (C=O) groups is 2. The summed E-state index contributed by atoms with van der Waals surface area (Å²) >= 11 is 0. The molecule has 5 N–H and O–H groups in total. The zero-order valence-electron chi connectivity index (χ0n) is 15.2. The Hall–Kier alpha value is -3.13. The van der Waals surface area contributed by atoms with Gasteiger partial charge in [-0.05, 0) is 30.0 Å². The Morgan fingerprint density at radius 2 is 1.79 bits per heavy atom. The number of H-pyrrole nitrogens is 1. The van der Waals surface area contributed by atoms with Crippen molar-refractivity contribution in [2.24, 2.45) is 0 Å². The van der Waals surface area contributed by atoms with Gasteiger partial charge in [0.25, 0.3) is 5.56 Å². The summed E-state index contributed by atoms with van der Waals surface area (Å²) in [6.45, 7) is 0.321. The topological polar surface area (TPSA) is 143 Å². The van der Waals surface area contributed by atoms with Gasteiger partial charge in [-0.15, -0.1) is 0 Å². The molecular formula is C20H22N2O6. The zero-order chi connectivity index (χ0) is 20.3. The molecule has 1 aliphatic rings. The van der Waals surface area contributed by atoms with Crippen molar-refractivity contribution in [2.45, 2.75) is 44.8 Å². The predicted molar refractivity (Wildman–Crippen MR) is 102 cm³/mol. The number of aromatic carboxylic acids is 2. The van der Waals surface area contributed by atoms with E-state index in [4.69, 9.17) is 10.5 Å². The van der Waals surface area contributed by atoms with Crippen molar-refractivity contribution in [1.29, 1.82) is 0 Å². The highest BCUT2D eigenvalue weighted by atomic mass is 16.5. The van der Waals surface area contributed by atoms with E-state index >= 15 is 0 Å². The van der Waals surface area contributed by atoms with Crippen LogP contribution in [0.3, 0.4) is 0 Å². The first-order valence-electron chi connectivity index (χ1n) is 9.11. The molecule has 1 saturated carbocycles. The number of nitrogen functional groups attached to an aromatic ring is 1. The van der Waals surface area contributed by atoms with E-state index in [0.717, 1.165) is 31.2 Å². The van der Waals surface area contributed by atoms with Crippen LogP contribution in [-0.2, 0) is 11.3 Å². The smallest absolute Gasteiger partial charge is 0.342 e. The van der Waals surface area contributed by atoms with Gasteiger partial charge in [0.05, 0.1) is 12.7 Å². The summed E-state index contributed by atoms with van der Waals surface area (Å²) < 4.78 is 5.94. The molecule has 0 radical (unpaired) electrons. The maximum absolute atomic E-state index is 12.1. The largest absolute Gasteiger partial charge is 0.478 e. The molecule has 0 spiro atoms. The maximum atomic E-state index is 12.1. The number of benzene rings is 1. The van der Waals surface area contributed by atoms with Crippen LogP contribution in [-0.4, -0.2) is 33.2 Å². The number of aromatic nitrogens is 1. The van der Waals surface area contributed by atoms with Gasteiger partial charge in [-0.1, -0.05) is 37.5 Å². The Labute approximate surface area is 161 Å². The molecule has 0 atom stereocenters. The van der Waals surface area contributed by atoms with Crippen molar-refractivity contribution in [3.8, 4) is 11.1 Å². The summed E-state index contributed by atoms with van der Waals surface area (Å²) in [6.07, 6.45) is 5.71. The minimum absolute atomic E-state index is 0.191. The number of ether oxygens (including phenoxy) is 1. The summed E-state index contributed by atoms with van der Waals surface area (Å²) in [5.74, 6) is -3.33. The molecule has 0 unspecified atom stereocenters. The van der Waals surface area contributed by atoms with Crippen LogP contribution in [0.1, 0.15) is 58.4 Å². The summed E-state index contributed by atoms with van der Waals surface area (Å²) in [7, 11) is 0. The van der Waals surface area contributed by atoms with Crippen LogP contribution in [0.25, 0.3) is 11.1 Å². The van der Waals surface area contributed by atoms with Gasteiger partial charge in [0.2, 0.25) is 0 Å². The first kappa shape index (κ1) is 19.6. The molecule has 1 aliphatic carbocycles. The summed E-state index contributed by atoms with van der Waals surface area (Å²) in [5, 5.41) is 19.0. The fraction of sp³-hybridized carbons (Fsp3) is 0.350. The number of anilines is 1. The lowest BCUT2D eigenvalue weighted by Gasteiger charge is -2.22. The van der Waals surface area contributed by atoms with E-state index in [0.29, 0.717) is 6.61 Å². The Kier molecular flexibility index (Phi) is 5.79. The second-order valence-corrected chi connectivity index (χ2v) is 6.87. The molecule has 1 heterocycles. The van der Waals surface area contributed by atoms with Crippen molar-refractivity contribution >= 4 is 17.8 Å². The molecule has 0 amide bonds. The number of rotatable bonds is 6. The van der Waals surface area contributed by atoms with Crippen molar-refractivity contribution in [2.75, 3.05) is 5.73 Å². The minimum atomic E-state index is -1.53. The Morgan fingerprint density at radius 1 is 1.11 bits per heavy atom. The van der Waals surface area contributed by atoms with E-state index in [1.165, 1.54) is 6.42 Å². The monoisotopic (exact) mass is 386 g/mol. The summed E-state index contributed by atoms with van der Waals surface area (Å²) in [5.41, 5.74) is 4.46. The lowest BCUT2D eigenvalue weighted by Crippen LogP contribution is -2.24. The minimum Gasteiger partial charge on any atom is -0.478 e. The number of carboxylic acids is 2. The zero-order valence-corrected chi connectivity index (χ0v) is 15.2. The van der Waals surface area contributed by atoms with E-state index in [-0.39, 0.29) is 23.0 Å². The third-order valence-corrected chi connectivity index (χ3v) is 4.93. The quantitative estimate of drug-likeness (QED) is 0.598. The standard InChI is InChI=1S/C20H22N2O6/c21-17-15(19(24)25)14(16(20(26)27)18(23)22-17)12-6-4-5-11(9-12)10-28-13-7-2-1-3-8-13/h4-6,9,13H,1-3,7-8,10H2,(H,24,25)(H,26,27)(H3,21,22,23). The number of pyridine rings is 1. The fourth-order valence-electron chi connectivity index (χ4n) is 3.60. The van der Waals surface area contributed by atoms with Gasteiger partial charge in [-0.2, -0.15) is 0 Å².